The van der Waals surface area contributed by atoms with Crippen molar-refractivity contribution in [1.29, 1.82) is 0 Å². The summed E-state index contributed by atoms with van der Waals surface area (Å²) in [5.74, 6) is 0.945. The fourth-order valence-electron chi connectivity index (χ4n) is 2.14. The third kappa shape index (κ3) is 4.69. The van der Waals surface area contributed by atoms with Gasteiger partial charge in [-0.15, -0.1) is 0 Å². The van der Waals surface area contributed by atoms with Gasteiger partial charge in [-0.3, -0.25) is 9.69 Å². The Labute approximate surface area is 133 Å². The van der Waals surface area contributed by atoms with E-state index in [4.69, 9.17) is 4.74 Å². The first-order valence-corrected chi connectivity index (χ1v) is 7.48. The Morgan fingerprint density at radius 3 is 2.67 bits per heavy atom. The number of benzene rings is 2. The highest BCUT2D eigenvalue weighted by atomic mass is 79.9. The monoisotopic (exact) mass is 347 g/mol. The number of hydrogen-bond acceptors (Lipinski definition) is 3. The van der Waals surface area contributed by atoms with E-state index in [0.29, 0.717) is 13.1 Å². The predicted octanol–water partition coefficient (Wildman–Crippen LogP) is 3.77. The first-order chi connectivity index (χ1) is 10.1. The minimum Gasteiger partial charge on any atom is -0.497 e. The lowest BCUT2D eigenvalue weighted by Crippen LogP contribution is -2.25. The summed E-state index contributed by atoms with van der Waals surface area (Å²) in [7, 11) is 3.59. The largest absolute Gasteiger partial charge is 0.497 e. The average Bonchev–Trinajstić information content (AvgIpc) is 2.47. The van der Waals surface area contributed by atoms with Gasteiger partial charge in [0.05, 0.1) is 13.7 Å². The SMILES string of the molecule is COc1cccc(CN(C)CC(=O)c2cccc(Br)c2)c1. The molecule has 4 heteroatoms. The molecular weight excluding hydrogens is 330 g/mol. The maximum Gasteiger partial charge on any atom is 0.176 e. The van der Waals surface area contributed by atoms with Gasteiger partial charge >= 0.3 is 0 Å². The molecule has 0 spiro atoms. The summed E-state index contributed by atoms with van der Waals surface area (Å²) < 4.78 is 6.13. The third-order valence-corrected chi connectivity index (χ3v) is 3.64. The van der Waals surface area contributed by atoms with Gasteiger partial charge in [0.25, 0.3) is 0 Å². The van der Waals surface area contributed by atoms with E-state index < -0.39 is 0 Å². The maximum atomic E-state index is 12.2. The second-order valence-corrected chi connectivity index (χ2v) is 5.87. The number of methoxy groups -OCH3 is 1. The van der Waals surface area contributed by atoms with Crippen molar-refractivity contribution >= 4 is 21.7 Å². The molecule has 0 atom stereocenters. The van der Waals surface area contributed by atoms with Crippen LogP contribution in [0.2, 0.25) is 0 Å². The summed E-state index contributed by atoms with van der Waals surface area (Å²) in [6, 6.07) is 15.4. The Morgan fingerprint density at radius 2 is 1.95 bits per heavy atom. The van der Waals surface area contributed by atoms with Crippen LogP contribution in [0.5, 0.6) is 5.75 Å². The van der Waals surface area contributed by atoms with Crippen LogP contribution in [-0.4, -0.2) is 31.4 Å². The summed E-state index contributed by atoms with van der Waals surface area (Å²) in [5, 5.41) is 0. The van der Waals surface area contributed by atoms with Crippen LogP contribution in [0.15, 0.2) is 53.0 Å². The number of carbonyl (C=O) groups excluding carboxylic acids is 1. The first-order valence-electron chi connectivity index (χ1n) is 6.68. The Kier molecular flexibility index (Phi) is 5.53. The lowest BCUT2D eigenvalue weighted by atomic mass is 10.1. The Balaban J connectivity index is 1.97. The lowest BCUT2D eigenvalue weighted by molar-refractivity contribution is 0.0943. The third-order valence-electron chi connectivity index (χ3n) is 3.15. The van der Waals surface area contributed by atoms with Crippen LogP contribution in [0.25, 0.3) is 0 Å². The first kappa shape index (κ1) is 15.7. The van der Waals surface area contributed by atoms with E-state index in [9.17, 15) is 4.79 Å². The van der Waals surface area contributed by atoms with Gasteiger partial charge in [-0.05, 0) is 36.9 Å². The molecule has 0 saturated carbocycles. The van der Waals surface area contributed by atoms with Gasteiger partial charge in [-0.1, -0.05) is 40.2 Å². The predicted molar refractivity (Wildman–Crippen MR) is 87.8 cm³/mol. The van der Waals surface area contributed by atoms with Crippen LogP contribution < -0.4 is 4.74 Å². The van der Waals surface area contributed by atoms with Crippen molar-refractivity contribution in [3.8, 4) is 5.75 Å². The van der Waals surface area contributed by atoms with Gasteiger partial charge in [-0.25, -0.2) is 0 Å². The molecule has 0 N–H and O–H groups in total. The van der Waals surface area contributed by atoms with Gasteiger partial charge in [0.15, 0.2) is 5.78 Å². The Morgan fingerprint density at radius 1 is 1.19 bits per heavy atom. The number of ketones is 1. The van der Waals surface area contributed by atoms with Crippen LogP contribution in [-0.2, 0) is 6.54 Å². The zero-order valence-electron chi connectivity index (χ0n) is 12.2. The molecule has 0 fully saturated rings. The van der Waals surface area contributed by atoms with Crippen molar-refractivity contribution in [1.82, 2.24) is 4.90 Å². The molecule has 0 bridgehead atoms. The second-order valence-electron chi connectivity index (χ2n) is 4.96. The molecular formula is C17H18BrNO2. The summed E-state index contributed by atoms with van der Waals surface area (Å²) in [4.78, 5) is 14.2. The van der Waals surface area contributed by atoms with Crippen LogP contribution in [0.1, 0.15) is 15.9 Å². The molecule has 0 aromatic heterocycles. The molecule has 21 heavy (non-hydrogen) atoms. The van der Waals surface area contributed by atoms with Crippen molar-refractivity contribution in [3.63, 3.8) is 0 Å². The fraction of sp³-hybridized carbons (Fsp3) is 0.235. The molecule has 0 heterocycles. The van der Waals surface area contributed by atoms with E-state index in [-0.39, 0.29) is 5.78 Å². The van der Waals surface area contributed by atoms with E-state index in [1.807, 2.05) is 60.5 Å². The summed E-state index contributed by atoms with van der Waals surface area (Å²) in [5.41, 5.74) is 1.85. The minimum absolute atomic E-state index is 0.113. The average molecular weight is 348 g/mol. The Bertz CT molecular complexity index is 628. The molecule has 0 radical (unpaired) electrons. The standard InChI is InChI=1S/C17H18BrNO2/c1-19(11-13-5-3-8-16(9-13)21-2)12-17(20)14-6-4-7-15(18)10-14/h3-10H,11-12H2,1-2H3. The van der Waals surface area contributed by atoms with Crippen molar-refractivity contribution < 1.29 is 9.53 Å². The van der Waals surface area contributed by atoms with Crippen LogP contribution in [0.4, 0.5) is 0 Å². The van der Waals surface area contributed by atoms with E-state index in [1.54, 1.807) is 7.11 Å². The van der Waals surface area contributed by atoms with E-state index in [0.717, 1.165) is 21.3 Å². The highest BCUT2D eigenvalue weighted by Crippen LogP contribution is 2.15. The highest BCUT2D eigenvalue weighted by molar-refractivity contribution is 9.10. The zero-order chi connectivity index (χ0) is 15.2. The number of Topliss-reactive ketones (excluding diaryl/α,β-unsaturated/α-hetero) is 1. The molecule has 2 aromatic rings. The van der Waals surface area contributed by atoms with Crippen molar-refractivity contribution in [2.45, 2.75) is 6.54 Å². The molecule has 2 rings (SSSR count). The Hall–Kier alpha value is -1.65. The van der Waals surface area contributed by atoms with Crippen LogP contribution in [0, 0.1) is 0 Å². The van der Waals surface area contributed by atoms with Gasteiger partial charge in [0, 0.05) is 16.6 Å². The van der Waals surface area contributed by atoms with Crippen LogP contribution >= 0.6 is 15.9 Å². The molecule has 0 aliphatic heterocycles. The summed E-state index contributed by atoms with van der Waals surface area (Å²) >= 11 is 3.39. The number of likely N-dealkylation sites (N-methyl/N-ethyl adjacent to an activating group) is 1. The zero-order valence-corrected chi connectivity index (χ0v) is 13.8. The molecule has 0 amide bonds. The molecule has 2 aromatic carbocycles. The van der Waals surface area contributed by atoms with Gasteiger partial charge in [0.1, 0.15) is 5.75 Å². The number of ether oxygens (including phenoxy) is 1. The van der Waals surface area contributed by atoms with Gasteiger partial charge in [0.2, 0.25) is 0 Å². The van der Waals surface area contributed by atoms with E-state index >= 15 is 0 Å². The fourth-order valence-corrected chi connectivity index (χ4v) is 2.54. The number of hydrogen-bond donors (Lipinski definition) is 0. The van der Waals surface area contributed by atoms with Crippen molar-refractivity contribution in [2.75, 3.05) is 20.7 Å². The molecule has 0 saturated heterocycles. The molecule has 0 unspecified atom stereocenters. The second kappa shape index (κ2) is 7.38. The topological polar surface area (TPSA) is 29.5 Å². The number of halogens is 1. The van der Waals surface area contributed by atoms with E-state index in [1.165, 1.54) is 0 Å². The molecule has 110 valence electrons. The van der Waals surface area contributed by atoms with Crippen LogP contribution in [0.3, 0.4) is 0 Å². The van der Waals surface area contributed by atoms with Crippen molar-refractivity contribution in [2.24, 2.45) is 0 Å². The minimum atomic E-state index is 0.113. The molecule has 3 nitrogen and oxygen atoms in total. The summed E-state index contributed by atoms with van der Waals surface area (Å²) in [6.07, 6.45) is 0. The van der Waals surface area contributed by atoms with Crippen molar-refractivity contribution in [3.05, 3.63) is 64.1 Å². The summed E-state index contributed by atoms with van der Waals surface area (Å²) in [6.45, 7) is 1.09. The highest BCUT2D eigenvalue weighted by Gasteiger charge is 2.10. The van der Waals surface area contributed by atoms with Gasteiger partial charge < -0.3 is 4.74 Å². The number of nitrogens with zero attached hydrogens (tertiary/aromatic N) is 1. The smallest absolute Gasteiger partial charge is 0.176 e. The quantitative estimate of drug-likeness (QED) is 0.745. The number of carbonyl (C=O) groups is 1. The number of rotatable bonds is 6. The maximum absolute atomic E-state index is 12.2. The van der Waals surface area contributed by atoms with Gasteiger partial charge in [-0.2, -0.15) is 0 Å². The molecule has 0 aliphatic carbocycles. The van der Waals surface area contributed by atoms with E-state index in [2.05, 4.69) is 15.9 Å². The lowest BCUT2D eigenvalue weighted by Gasteiger charge is -2.16. The molecule has 0 aliphatic rings. The normalized spacial score (nSPS) is 10.7.